The lowest BCUT2D eigenvalue weighted by Gasteiger charge is -2.36. The SMILES string of the molecule is CCOc1ccccc1NC(=O)N1CCN(c2cc(Cl)ccc2Cl)CC1. The molecule has 0 saturated carbocycles. The molecule has 0 spiro atoms. The summed E-state index contributed by atoms with van der Waals surface area (Å²) in [5.41, 5.74) is 1.58. The number of para-hydroxylation sites is 2. The number of carbonyl (C=O) groups excluding carboxylic acids is 1. The van der Waals surface area contributed by atoms with E-state index in [0.717, 1.165) is 5.69 Å². The molecule has 0 aliphatic carbocycles. The van der Waals surface area contributed by atoms with Crippen LogP contribution < -0.4 is 15.0 Å². The number of anilines is 2. The van der Waals surface area contributed by atoms with Gasteiger partial charge in [-0.2, -0.15) is 0 Å². The molecule has 138 valence electrons. The number of carbonyl (C=O) groups is 1. The molecule has 2 aromatic rings. The maximum absolute atomic E-state index is 12.6. The molecule has 0 bridgehead atoms. The van der Waals surface area contributed by atoms with Crippen LogP contribution in [0.15, 0.2) is 42.5 Å². The molecule has 2 aromatic carbocycles. The minimum absolute atomic E-state index is 0.131. The fraction of sp³-hybridized carbons (Fsp3) is 0.316. The summed E-state index contributed by atoms with van der Waals surface area (Å²) in [4.78, 5) is 16.5. The summed E-state index contributed by atoms with van der Waals surface area (Å²) in [6.07, 6.45) is 0. The van der Waals surface area contributed by atoms with E-state index in [9.17, 15) is 4.79 Å². The number of rotatable bonds is 4. The monoisotopic (exact) mass is 393 g/mol. The molecule has 0 aromatic heterocycles. The number of halogens is 2. The highest BCUT2D eigenvalue weighted by Crippen LogP contribution is 2.30. The lowest BCUT2D eigenvalue weighted by atomic mass is 10.2. The third kappa shape index (κ3) is 4.34. The minimum atomic E-state index is -0.131. The number of nitrogens with one attached hydrogen (secondary N) is 1. The van der Waals surface area contributed by atoms with Gasteiger partial charge in [0, 0.05) is 31.2 Å². The molecule has 0 atom stereocenters. The van der Waals surface area contributed by atoms with Gasteiger partial charge in [-0.15, -0.1) is 0 Å². The van der Waals surface area contributed by atoms with E-state index in [1.54, 1.807) is 17.0 Å². The molecule has 1 heterocycles. The Kier molecular flexibility index (Phi) is 6.12. The Morgan fingerprint density at radius 2 is 1.85 bits per heavy atom. The summed E-state index contributed by atoms with van der Waals surface area (Å²) in [6.45, 7) is 5.06. The Bertz CT molecular complexity index is 777. The summed E-state index contributed by atoms with van der Waals surface area (Å²) in [5.74, 6) is 0.674. The van der Waals surface area contributed by atoms with Crippen LogP contribution in [0.3, 0.4) is 0 Å². The van der Waals surface area contributed by atoms with Crippen LogP contribution in [0.5, 0.6) is 5.75 Å². The van der Waals surface area contributed by atoms with Gasteiger partial charge in [-0.25, -0.2) is 4.79 Å². The topological polar surface area (TPSA) is 44.8 Å². The predicted octanol–water partition coefficient (Wildman–Crippen LogP) is 4.75. The molecule has 7 heteroatoms. The summed E-state index contributed by atoms with van der Waals surface area (Å²) in [7, 11) is 0. The van der Waals surface area contributed by atoms with Gasteiger partial charge in [0.2, 0.25) is 0 Å². The molecular formula is C19H21Cl2N3O2. The van der Waals surface area contributed by atoms with Crippen molar-refractivity contribution in [1.29, 1.82) is 0 Å². The molecule has 1 aliphatic heterocycles. The van der Waals surface area contributed by atoms with Gasteiger partial charge in [0.25, 0.3) is 0 Å². The molecule has 26 heavy (non-hydrogen) atoms. The van der Waals surface area contributed by atoms with Crippen LogP contribution in [-0.4, -0.2) is 43.7 Å². The van der Waals surface area contributed by atoms with Crippen molar-refractivity contribution >= 4 is 40.6 Å². The van der Waals surface area contributed by atoms with Crippen molar-refractivity contribution in [2.24, 2.45) is 0 Å². The molecule has 1 aliphatic rings. The van der Waals surface area contributed by atoms with Gasteiger partial charge in [0.15, 0.2) is 0 Å². The molecule has 1 fully saturated rings. The van der Waals surface area contributed by atoms with Crippen LogP contribution in [0.25, 0.3) is 0 Å². The van der Waals surface area contributed by atoms with E-state index < -0.39 is 0 Å². The zero-order chi connectivity index (χ0) is 18.5. The first-order chi connectivity index (χ1) is 12.6. The Morgan fingerprint density at radius 3 is 2.58 bits per heavy atom. The van der Waals surface area contributed by atoms with Crippen molar-refractivity contribution in [3.05, 3.63) is 52.5 Å². The van der Waals surface area contributed by atoms with Crippen LogP contribution in [0.4, 0.5) is 16.2 Å². The van der Waals surface area contributed by atoms with E-state index in [0.29, 0.717) is 54.3 Å². The maximum atomic E-state index is 12.6. The van der Waals surface area contributed by atoms with E-state index in [2.05, 4.69) is 10.2 Å². The molecule has 2 amide bonds. The highest BCUT2D eigenvalue weighted by molar-refractivity contribution is 6.35. The quantitative estimate of drug-likeness (QED) is 0.814. The summed E-state index contributed by atoms with van der Waals surface area (Å²) in [6, 6.07) is 12.7. The van der Waals surface area contributed by atoms with Gasteiger partial charge in [-0.05, 0) is 37.3 Å². The number of benzene rings is 2. The third-order valence-electron chi connectivity index (χ3n) is 4.24. The first-order valence-electron chi connectivity index (χ1n) is 8.56. The summed E-state index contributed by atoms with van der Waals surface area (Å²) >= 11 is 12.4. The number of hydrogen-bond acceptors (Lipinski definition) is 3. The first kappa shape index (κ1) is 18.7. The second-order valence-corrected chi connectivity index (χ2v) is 6.77. The number of nitrogens with zero attached hydrogens (tertiary/aromatic N) is 2. The highest BCUT2D eigenvalue weighted by atomic mass is 35.5. The van der Waals surface area contributed by atoms with Crippen molar-refractivity contribution in [1.82, 2.24) is 4.90 Å². The molecule has 5 nitrogen and oxygen atoms in total. The van der Waals surface area contributed by atoms with E-state index in [4.69, 9.17) is 27.9 Å². The fourth-order valence-electron chi connectivity index (χ4n) is 2.92. The van der Waals surface area contributed by atoms with Crippen molar-refractivity contribution in [3.63, 3.8) is 0 Å². The smallest absolute Gasteiger partial charge is 0.322 e. The molecule has 1 N–H and O–H groups in total. The Balaban J connectivity index is 1.61. The van der Waals surface area contributed by atoms with Crippen LogP contribution in [0.2, 0.25) is 10.0 Å². The zero-order valence-corrected chi connectivity index (χ0v) is 16.1. The number of piperazine rings is 1. The number of amides is 2. The second-order valence-electron chi connectivity index (χ2n) is 5.93. The standard InChI is InChI=1S/C19H21Cl2N3O2/c1-2-26-18-6-4-3-5-16(18)22-19(25)24-11-9-23(10-12-24)17-13-14(20)7-8-15(17)21/h3-8,13H,2,9-12H2,1H3,(H,22,25). The lowest BCUT2D eigenvalue weighted by Crippen LogP contribution is -2.50. The lowest BCUT2D eigenvalue weighted by molar-refractivity contribution is 0.208. The molecule has 3 rings (SSSR count). The summed E-state index contributed by atoms with van der Waals surface area (Å²) in [5, 5.41) is 4.25. The van der Waals surface area contributed by atoms with Gasteiger partial charge < -0.3 is 19.9 Å². The van der Waals surface area contributed by atoms with Crippen LogP contribution in [-0.2, 0) is 0 Å². The van der Waals surface area contributed by atoms with Gasteiger partial charge in [0.05, 0.1) is 23.0 Å². The van der Waals surface area contributed by atoms with Crippen molar-refractivity contribution in [3.8, 4) is 5.75 Å². The minimum Gasteiger partial charge on any atom is -0.492 e. The maximum Gasteiger partial charge on any atom is 0.322 e. The highest BCUT2D eigenvalue weighted by Gasteiger charge is 2.23. The van der Waals surface area contributed by atoms with Crippen LogP contribution >= 0.6 is 23.2 Å². The van der Waals surface area contributed by atoms with Gasteiger partial charge in [-0.3, -0.25) is 0 Å². The van der Waals surface area contributed by atoms with Gasteiger partial charge in [-0.1, -0.05) is 35.3 Å². The third-order valence-corrected chi connectivity index (χ3v) is 4.80. The molecule has 1 saturated heterocycles. The average molecular weight is 394 g/mol. The summed E-state index contributed by atoms with van der Waals surface area (Å²) < 4.78 is 5.56. The number of ether oxygens (including phenoxy) is 1. The normalized spacial score (nSPS) is 14.3. The number of hydrogen-bond donors (Lipinski definition) is 1. The van der Waals surface area contributed by atoms with E-state index >= 15 is 0 Å². The molecule has 0 radical (unpaired) electrons. The predicted molar refractivity (Wildman–Crippen MR) is 107 cm³/mol. The average Bonchev–Trinajstić information content (AvgIpc) is 2.65. The van der Waals surface area contributed by atoms with Crippen LogP contribution in [0.1, 0.15) is 6.92 Å². The van der Waals surface area contributed by atoms with E-state index in [-0.39, 0.29) is 6.03 Å². The first-order valence-corrected chi connectivity index (χ1v) is 9.32. The fourth-order valence-corrected chi connectivity index (χ4v) is 3.33. The van der Waals surface area contributed by atoms with Gasteiger partial charge >= 0.3 is 6.03 Å². The van der Waals surface area contributed by atoms with Crippen molar-refractivity contribution < 1.29 is 9.53 Å². The van der Waals surface area contributed by atoms with E-state index in [1.807, 2.05) is 37.3 Å². The Hall–Kier alpha value is -2.11. The number of urea groups is 1. The van der Waals surface area contributed by atoms with Crippen molar-refractivity contribution in [2.45, 2.75) is 6.92 Å². The largest absolute Gasteiger partial charge is 0.492 e. The zero-order valence-electron chi connectivity index (χ0n) is 14.5. The van der Waals surface area contributed by atoms with Crippen LogP contribution in [0, 0.1) is 0 Å². The van der Waals surface area contributed by atoms with Gasteiger partial charge in [0.1, 0.15) is 5.75 Å². The van der Waals surface area contributed by atoms with E-state index in [1.165, 1.54) is 0 Å². The molecule has 0 unspecified atom stereocenters. The Labute approximate surface area is 163 Å². The Morgan fingerprint density at radius 1 is 1.12 bits per heavy atom. The van der Waals surface area contributed by atoms with Crippen molar-refractivity contribution in [2.75, 3.05) is 43.0 Å². The second kappa shape index (κ2) is 8.52. The molecular weight excluding hydrogens is 373 g/mol.